The molecular formula is C15H15N3O3. The van der Waals surface area contributed by atoms with E-state index in [1.165, 1.54) is 11.0 Å². The Labute approximate surface area is 121 Å². The molecule has 1 aromatic carbocycles. The fourth-order valence-corrected chi connectivity index (χ4v) is 2.51. The van der Waals surface area contributed by atoms with Gasteiger partial charge in [-0.3, -0.25) is 4.79 Å². The van der Waals surface area contributed by atoms with Gasteiger partial charge in [-0.25, -0.2) is 4.79 Å². The third-order valence-electron chi connectivity index (χ3n) is 3.61. The minimum absolute atomic E-state index is 0.160. The van der Waals surface area contributed by atoms with Crippen molar-refractivity contribution in [1.82, 2.24) is 9.88 Å². The topological polar surface area (TPSA) is 85.4 Å². The molecule has 1 aliphatic heterocycles. The maximum absolute atomic E-state index is 11.1. The van der Waals surface area contributed by atoms with Crippen LogP contribution in [0, 0.1) is 0 Å². The van der Waals surface area contributed by atoms with Crippen molar-refractivity contribution in [3.63, 3.8) is 0 Å². The SMILES string of the molecule is O=C(O)N1CCc2cccc(Nc3ccc(=O)[nH]c3)c2C1. The number of aromatic nitrogens is 1. The van der Waals surface area contributed by atoms with E-state index in [9.17, 15) is 9.59 Å². The van der Waals surface area contributed by atoms with E-state index in [1.807, 2.05) is 18.2 Å². The lowest BCUT2D eigenvalue weighted by atomic mass is 9.98. The quantitative estimate of drug-likeness (QED) is 0.789. The van der Waals surface area contributed by atoms with Crippen molar-refractivity contribution in [3.8, 4) is 0 Å². The van der Waals surface area contributed by atoms with Gasteiger partial charge in [0.15, 0.2) is 0 Å². The van der Waals surface area contributed by atoms with E-state index in [0.29, 0.717) is 19.5 Å². The zero-order valence-electron chi connectivity index (χ0n) is 11.3. The van der Waals surface area contributed by atoms with Gasteiger partial charge in [0.05, 0.1) is 12.2 Å². The first kappa shape index (κ1) is 13.2. The van der Waals surface area contributed by atoms with Crippen molar-refractivity contribution in [2.24, 2.45) is 0 Å². The van der Waals surface area contributed by atoms with Crippen LogP contribution in [0.15, 0.2) is 41.3 Å². The Kier molecular flexibility index (Phi) is 3.35. The molecule has 1 aliphatic rings. The van der Waals surface area contributed by atoms with Gasteiger partial charge in [0.1, 0.15) is 0 Å². The first-order valence-electron chi connectivity index (χ1n) is 6.68. The smallest absolute Gasteiger partial charge is 0.407 e. The summed E-state index contributed by atoms with van der Waals surface area (Å²) in [5.41, 5.74) is 3.60. The predicted octanol–water partition coefficient (Wildman–Crippen LogP) is 2.15. The van der Waals surface area contributed by atoms with Crippen LogP contribution in [-0.2, 0) is 13.0 Å². The molecular weight excluding hydrogens is 270 g/mol. The van der Waals surface area contributed by atoms with Crippen molar-refractivity contribution in [1.29, 1.82) is 0 Å². The number of carbonyl (C=O) groups is 1. The summed E-state index contributed by atoms with van der Waals surface area (Å²) in [4.78, 5) is 26.2. The Morgan fingerprint density at radius 2 is 2.14 bits per heavy atom. The van der Waals surface area contributed by atoms with Gasteiger partial charge in [0, 0.05) is 24.5 Å². The Morgan fingerprint density at radius 1 is 1.29 bits per heavy atom. The van der Waals surface area contributed by atoms with Crippen LogP contribution >= 0.6 is 0 Å². The monoisotopic (exact) mass is 285 g/mol. The Bertz CT molecular complexity index is 719. The molecule has 6 heteroatoms. The van der Waals surface area contributed by atoms with E-state index >= 15 is 0 Å². The fraction of sp³-hybridized carbons (Fsp3) is 0.200. The number of fused-ring (bicyclic) bond motifs is 1. The largest absolute Gasteiger partial charge is 0.465 e. The molecule has 0 bridgehead atoms. The van der Waals surface area contributed by atoms with E-state index in [2.05, 4.69) is 10.3 Å². The van der Waals surface area contributed by atoms with E-state index < -0.39 is 6.09 Å². The van der Waals surface area contributed by atoms with Gasteiger partial charge < -0.3 is 20.3 Å². The number of hydrogen-bond acceptors (Lipinski definition) is 3. The van der Waals surface area contributed by atoms with Gasteiger partial charge in [-0.15, -0.1) is 0 Å². The second-order valence-electron chi connectivity index (χ2n) is 4.96. The molecule has 0 unspecified atom stereocenters. The summed E-state index contributed by atoms with van der Waals surface area (Å²) in [6.07, 6.45) is 1.40. The second kappa shape index (κ2) is 5.32. The highest BCUT2D eigenvalue weighted by molar-refractivity contribution is 5.69. The summed E-state index contributed by atoms with van der Waals surface area (Å²) >= 11 is 0. The number of amides is 1. The summed E-state index contributed by atoms with van der Waals surface area (Å²) in [6, 6.07) is 9.02. The van der Waals surface area contributed by atoms with Crippen LogP contribution in [0.3, 0.4) is 0 Å². The second-order valence-corrected chi connectivity index (χ2v) is 4.96. The summed E-state index contributed by atoms with van der Waals surface area (Å²) in [5.74, 6) is 0. The molecule has 0 spiro atoms. The standard InChI is InChI=1S/C15H15N3O3/c19-14-5-4-11(8-16-14)17-13-3-1-2-10-6-7-18(15(20)21)9-12(10)13/h1-5,8,17H,6-7,9H2,(H,16,19)(H,20,21). The highest BCUT2D eigenvalue weighted by Gasteiger charge is 2.22. The number of anilines is 2. The molecule has 2 aromatic rings. The molecule has 1 amide bonds. The number of rotatable bonds is 2. The third-order valence-corrected chi connectivity index (χ3v) is 3.61. The van der Waals surface area contributed by atoms with Crippen molar-refractivity contribution < 1.29 is 9.90 Å². The molecule has 3 rings (SSSR count). The van der Waals surface area contributed by atoms with Crippen molar-refractivity contribution >= 4 is 17.5 Å². The molecule has 0 saturated carbocycles. The molecule has 0 aliphatic carbocycles. The first-order chi connectivity index (χ1) is 10.1. The fourth-order valence-electron chi connectivity index (χ4n) is 2.51. The zero-order valence-corrected chi connectivity index (χ0v) is 11.3. The number of nitrogens with zero attached hydrogens (tertiary/aromatic N) is 1. The molecule has 0 atom stereocenters. The van der Waals surface area contributed by atoms with Crippen molar-refractivity contribution in [2.45, 2.75) is 13.0 Å². The van der Waals surface area contributed by atoms with Crippen LogP contribution in [0.2, 0.25) is 0 Å². The number of H-pyrrole nitrogens is 1. The molecule has 1 aromatic heterocycles. The summed E-state index contributed by atoms with van der Waals surface area (Å²) in [5, 5.41) is 12.4. The molecule has 0 radical (unpaired) electrons. The first-order valence-corrected chi connectivity index (χ1v) is 6.68. The highest BCUT2D eigenvalue weighted by Crippen LogP contribution is 2.28. The molecule has 6 nitrogen and oxygen atoms in total. The van der Waals surface area contributed by atoms with E-state index in [1.54, 1.807) is 12.3 Å². The van der Waals surface area contributed by atoms with E-state index in [-0.39, 0.29) is 5.56 Å². The number of aromatic amines is 1. The van der Waals surface area contributed by atoms with Crippen LogP contribution in [0.1, 0.15) is 11.1 Å². The van der Waals surface area contributed by atoms with Gasteiger partial charge in [-0.2, -0.15) is 0 Å². The molecule has 21 heavy (non-hydrogen) atoms. The van der Waals surface area contributed by atoms with Gasteiger partial charge in [-0.1, -0.05) is 12.1 Å². The van der Waals surface area contributed by atoms with Crippen LogP contribution in [0.5, 0.6) is 0 Å². The Morgan fingerprint density at radius 3 is 2.86 bits per heavy atom. The lowest BCUT2D eigenvalue weighted by Crippen LogP contribution is -2.35. The summed E-state index contributed by atoms with van der Waals surface area (Å²) < 4.78 is 0. The number of benzene rings is 1. The highest BCUT2D eigenvalue weighted by atomic mass is 16.4. The molecule has 108 valence electrons. The number of nitrogens with one attached hydrogen (secondary N) is 2. The summed E-state index contributed by atoms with van der Waals surface area (Å²) in [7, 11) is 0. The van der Waals surface area contributed by atoms with Crippen LogP contribution < -0.4 is 10.9 Å². The van der Waals surface area contributed by atoms with Gasteiger partial charge in [-0.05, 0) is 29.7 Å². The molecule has 3 N–H and O–H groups in total. The average Bonchev–Trinajstić information content (AvgIpc) is 2.49. The Hall–Kier alpha value is -2.76. The molecule has 2 heterocycles. The maximum Gasteiger partial charge on any atom is 0.407 e. The predicted molar refractivity (Wildman–Crippen MR) is 78.9 cm³/mol. The average molecular weight is 285 g/mol. The molecule has 0 saturated heterocycles. The zero-order chi connectivity index (χ0) is 14.8. The summed E-state index contributed by atoms with van der Waals surface area (Å²) in [6.45, 7) is 0.891. The normalized spacial score (nSPS) is 13.6. The van der Waals surface area contributed by atoms with E-state index in [0.717, 1.165) is 22.5 Å². The number of pyridine rings is 1. The maximum atomic E-state index is 11.1. The Balaban J connectivity index is 1.91. The van der Waals surface area contributed by atoms with E-state index in [4.69, 9.17) is 5.11 Å². The van der Waals surface area contributed by atoms with Crippen molar-refractivity contribution in [3.05, 3.63) is 58.0 Å². The minimum atomic E-state index is -0.903. The number of carboxylic acid groups (broad SMARTS) is 1. The lowest BCUT2D eigenvalue weighted by molar-refractivity contribution is 0.140. The van der Waals surface area contributed by atoms with Gasteiger partial charge in [0.25, 0.3) is 0 Å². The lowest BCUT2D eigenvalue weighted by Gasteiger charge is -2.28. The third kappa shape index (κ3) is 2.74. The number of hydrogen-bond donors (Lipinski definition) is 3. The van der Waals surface area contributed by atoms with Crippen LogP contribution in [0.25, 0.3) is 0 Å². The van der Waals surface area contributed by atoms with Gasteiger partial charge in [0.2, 0.25) is 5.56 Å². The van der Waals surface area contributed by atoms with Crippen LogP contribution in [-0.4, -0.2) is 27.6 Å². The molecule has 0 fully saturated rings. The van der Waals surface area contributed by atoms with Crippen molar-refractivity contribution in [2.75, 3.05) is 11.9 Å². The minimum Gasteiger partial charge on any atom is -0.465 e. The van der Waals surface area contributed by atoms with Gasteiger partial charge >= 0.3 is 6.09 Å². The van der Waals surface area contributed by atoms with Crippen LogP contribution in [0.4, 0.5) is 16.2 Å².